The molecule has 0 saturated heterocycles. The number of halogens is 10. The third-order valence-corrected chi connectivity index (χ3v) is 4.81. The summed E-state index contributed by atoms with van der Waals surface area (Å²) < 4.78 is 149. The van der Waals surface area contributed by atoms with Crippen molar-refractivity contribution in [1.29, 1.82) is 21.0 Å². The number of benzene rings is 3. The van der Waals surface area contributed by atoms with E-state index in [0.717, 1.165) is 0 Å². The van der Waals surface area contributed by atoms with E-state index in [1.807, 2.05) is 0 Å². The molecule has 0 aliphatic carbocycles. The summed E-state index contributed by atoms with van der Waals surface area (Å²) in [5, 5.41) is 35.1. The monoisotopic (exact) mass is 568 g/mol. The van der Waals surface area contributed by atoms with Crippen molar-refractivity contribution in [1.82, 2.24) is 0 Å². The van der Waals surface area contributed by atoms with Crippen molar-refractivity contribution in [2.45, 2.75) is 0 Å². The fourth-order valence-electron chi connectivity index (χ4n) is 3.00. The zero-order chi connectivity index (χ0) is 30.0. The van der Waals surface area contributed by atoms with Crippen molar-refractivity contribution >= 4 is 11.1 Å². The van der Waals surface area contributed by atoms with E-state index in [4.69, 9.17) is 9.47 Å². The van der Waals surface area contributed by atoms with Gasteiger partial charge in [-0.3, -0.25) is 0 Å². The molecule has 0 aromatic heterocycles. The van der Waals surface area contributed by atoms with Crippen LogP contribution in [0.25, 0.3) is 11.1 Å². The lowest BCUT2D eigenvalue weighted by atomic mass is 10.1. The molecule has 0 amide bonds. The lowest BCUT2D eigenvalue weighted by Crippen LogP contribution is -2.20. The van der Waals surface area contributed by atoms with E-state index in [1.165, 1.54) is 24.3 Å². The summed E-state index contributed by atoms with van der Waals surface area (Å²) in [6.45, 7) is 0. The highest BCUT2D eigenvalue weighted by atomic mass is 19.2. The Labute approximate surface area is 214 Å². The number of nitrogens with zero attached hydrogens (tertiary/aromatic N) is 4. The SMILES string of the molecule is N#CC(C#N)=c1cc(Oc2c(F)c(F)c(F)c(F)c2F)c(=C(C#N)C#N)c(Oc2c(F)c(F)c(F)c(F)c2F)c1. The Hall–Kier alpha value is -5.74. The Balaban J connectivity index is 2.56. The molecule has 6 nitrogen and oxygen atoms in total. The van der Waals surface area contributed by atoms with Gasteiger partial charge in [0.2, 0.25) is 69.7 Å². The molecule has 0 radical (unpaired) electrons. The minimum Gasteiger partial charge on any atom is -0.450 e. The van der Waals surface area contributed by atoms with Crippen molar-refractivity contribution in [3.8, 4) is 47.3 Å². The highest BCUT2D eigenvalue weighted by Crippen LogP contribution is 2.34. The van der Waals surface area contributed by atoms with Crippen LogP contribution in [0.1, 0.15) is 0 Å². The molecule has 3 aromatic carbocycles. The predicted octanol–water partition coefficient (Wildman–Crippen LogP) is 5.06. The molecule has 16 heteroatoms. The minimum absolute atomic E-state index is 0.454. The van der Waals surface area contributed by atoms with E-state index < -0.39 is 103 Å². The van der Waals surface area contributed by atoms with Gasteiger partial charge in [-0.25, -0.2) is 26.3 Å². The highest BCUT2D eigenvalue weighted by molar-refractivity contribution is 5.78. The molecule has 0 spiro atoms. The number of hydrogen-bond donors (Lipinski definition) is 0. The van der Waals surface area contributed by atoms with Crippen molar-refractivity contribution < 1.29 is 53.4 Å². The molecule has 0 bridgehead atoms. The van der Waals surface area contributed by atoms with Gasteiger partial charge in [-0.2, -0.15) is 38.6 Å². The second-order valence-electron chi connectivity index (χ2n) is 7.05. The molecule has 200 valence electrons. The topological polar surface area (TPSA) is 114 Å². The van der Waals surface area contributed by atoms with Crippen LogP contribution in [0.5, 0.6) is 23.0 Å². The van der Waals surface area contributed by atoms with Crippen LogP contribution in [0, 0.1) is 103 Å². The Morgan fingerprint density at radius 1 is 0.450 bits per heavy atom. The first-order valence-electron chi connectivity index (χ1n) is 9.76. The van der Waals surface area contributed by atoms with E-state index in [9.17, 15) is 65.0 Å². The van der Waals surface area contributed by atoms with Crippen molar-refractivity contribution in [2.75, 3.05) is 0 Å². The van der Waals surface area contributed by atoms with Crippen LogP contribution < -0.4 is 19.9 Å². The summed E-state index contributed by atoms with van der Waals surface area (Å²) in [4.78, 5) is 0. The molecule has 3 rings (SSSR count). The molecule has 0 unspecified atom stereocenters. The lowest BCUT2D eigenvalue weighted by Gasteiger charge is -2.15. The maximum absolute atomic E-state index is 14.3. The van der Waals surface area contributed by atoms with Gasteiger partial charge in [-0.1, -0.05) is 0 Å². The Kier molecular flexibility index (Phi) is 7.88. The molecule has 0 aliphatic rings. The maximum Gasteiger partial charge on any atom is 0.207 e. The van der Waals surface area contributed by atoms with Crippen molar-refractivity contribution in [2.24, 2.45) is 0 Å². The van der Waals surface area contributed by atoms with E-state index >= 15 is 0 Å². The molecule has 3 aromatic rings. The van der Waals surface area contributed by atoms with Gasteiger partial charge in [0.05, 0.1) is 5.22 Å². The molecule has 0 heterocycles. The fourth-order valence-corrected chi connectivity index (χ4v) is 3.00. The van der Waals surface area contributed by atoms with Gasteiger partial charge < -0.3 is 9.47 Å². The van der Waals surface area contributed by atoms with Crippen LogP contribution in [0.15, 0.2) is 12.1 Å². The fraction of sp³-hybridized carbons (Fsp3) is 0. The van der Waals surface area contributed by atoms with E-state index in [0.29, 0.717) is 12.1 Å². The maximum atomic E-state index is 14.3. The number of hydrogen-bond acceptors (Lipinski definition) is 6. The van der Waals surface area contributed by atoms with Crippen molar-refractivity contribution in [3.63, 3.8) is 0 Å². The lowest BCUT2D eigenvalue weighted by molar-refractivity contribution is 0.324. The van der Waals surface area contributed by atoms with Crippen molar-refractivity contribution in [3.05, 3.63) is 80.7 Å². The molecule has 0 atom stereocenters. The van der Waals surface area contributed by atoms with E-state index in [2.05, 4.69) is 0 Å². The Bertz CT molecular complexity index is 1730. The summed E-state index contributed by atoms with van der Waals surface area (Å²) in [5.74, 6) is -32.3. The van der Waals surface area contributed by atoms with Crippen LogP contribution in [0.3, 0.4) is 0 Å². The van der Waals surface area contributed by atoms with Crippen LogP contribution in [0.2, 0.25) is 0 Å². The average Bonchev–Trinajstić information content (AvgIpc) is 2.95. The summed E-state index contributed by atoms with van der Waals surface area (Å²) in [5.41, 5.74) is -2.16. The van der Waals surface area contributed by atoms with E-state index in [1.54, 1.807) is 0 Å². The van der Waals surface area contributed by atoms with Gasteiger partial charge in [0.1, 0.15) is 46.9 Å². The average molecular weight is 568 g/mol. The first kappa shape index (κ1) is 28.8. The third kappa shape index (κ3) is 4.66. The minimum atomic E-state index is -2.61. The summed E-state index contributed by atoms with van der Waals surface area (Å²) >= 11 is 0. The van der Waals surface area contributed by atoms with Gasteiger partial charge in [0.25, 0.3) is 0 Å². The summed E-state index contributed by atoms with van der Waals surface area (Å²) in [6.07, 6.45) is 0. The predicted molar refractivity (Wildman–Crippen MR) is 108 cm³/mol. The molecule has 40 heavy (non-hydrogen) atoms. The summed E-state index contributed by atoms with van der Waals surface area (Å²) in [7, 11) is 0. The van der Waals surface area contributed by atoms with E-state index in [-0.39, 0.29) is 0 Å². The summed E-state index contributed by atoms with van der Waals surface area (Å²) in [6, 6.07) is 5.87. The Morgan fingerprint density at radius 2 is 0.725 bits per heavy atom. The van der Waals surface area contributed by atoms with Gasteiger partial charge >= 0.3 is 0 Å². The highest BCUT2D eigenvalue weighted by Gasteiger charge is 2.30. The van der Waals surface area contributed by atoms with Crippen LogP contribution in [0.4, 0.5) is 43.9 Å². The van der Waals surface area contributed by atoms with Gasteiger partial charge in [-0.05, 0) is 12.1 Å². The number of nitriles is 4. The number of rotatable bonds is 4. The van der Waals surface area contributed by atoms with Crippen LogP contribution in [-0.2, 0) is 0 Å². The Morgan fingerprint density at radius 3 is 1.00 bits per heavy atom. The first-order valence-corrected chi connectivity index (χ1v) is 9.76. The number of ether oxygens (including phenoxy) is 2. The molecule has 0 N–H and O–H groups in total. The second-order valence-corrected chi connectivity index (χ2v) is 7.05. The van der Waals surface area contributed by atoms with Gasteiger partial charge in [0.15, 0.2) is 0 Å². The molecule has 0 saturated carbocycles. The van der Waals surface area contributed by atoms with Crippen LogP contribution in [-0.4, -0.2) is 0 Å². The quantitative estimate of drug-likeness (QED) is 0.247. The van der Waals surface area contributed by atoms with Crippen LogP contribution >= 0.6 is 0 Å². The zero-order valence-corrected chi connectivity index (χ0v) is 18.5. The molecular formula is C24H2F10N4O2. The van der Waals surface area contributed by atoms with Gasteiger partial charge in [-0.15, -0.1) is 0 Å². The molecular weight excluding hydrogens is 566 g/mol. The van der Waals surface area contributed by atoms with Gasteiger partial charge in [0, 0.05) is 5.22 Å². The molecule has 0 aliphatic heterocycles. The zero-order valence-electron chi connectivity index (χ0n) is 18.5. The standard InChI is InChI=1S/C24H2F10N4O2/c25-13-15(27)19(31)23(20(32)16(13)28)39-10-1-7(8(3-35)4-36)2-11(12(10)9(5-37)6-38)40-24-21(33)17(29)14(26)18(30)22(24)34/h1-2H. The molecule has 0 fully saturated rings. The second kappa shape index (κ2) is 10.9. The largest absolute Gasteiger partial charge is 0.450 e. The smallest absolute Gasteiger partial charge is 0.207 e. The first-order chi connectivity index (χ1) is 18.8. The third-order valence-electron chi connectivity index (χ3n) is 4.81. The normalized spacial score (nSPS) is 10.2.